The van der Waals surface area contributed by atoms with Gasteiger partial charge in [0.2, 0.25) is 5.91 Å². The minimum absolute atomic E-state index is 0.0170. The minimum Gasteiger partial charge on any atom is -0.342 e. The van der Waals surface area contributed by atoms with Crippen molar-refractivity contribution in [3.05, 3.63) is 35.4 Å². The summed E-state index contributed by atoms with van der Waals surface area (Å²) in [7, 11) is 0. The monoisotopic (exact) mass is 345 g/mol. The van der Waals surface area contributed by atoms with E-state index in [1.807, 2.05) is 4.90 Å². The van der Waals surface area contributed by atoms with Crippen LogP contribution in [0, 0.1) is 17.6 Å². The van der Waals surface area contributed by atoms with Gasteiger partial charge in [0.25, 0.3) is 0 Å². The standard InChI is InChI=1S/C15H18BrF2NO/c1-10(16)12-4-6-19(7-5-12)15(20)9-11-2-3-13(17)14(18)8-11/h2-3,8,10,12H,4-7,9H2,1H3. The Kier molecular flexibility index (Phi) is 5.13. The maximum absolute atomic E-state index is 13.1. The van der Waals surface area contributed by atoms with E-state index in [0.29, 0.717) is 16.3 Å². The van der Waals surface area contributed by atoms with Crippen LogP contribution in [0.15, 0.2) is 18.2 Å². The largest absolute Gasteiger partial charge is 0.342 e. The molecule has 0 saturated carbocycles. The normalized spacial score (nSPS) is 18.1. The third kappa shape index (κ3) is 3.78. The van der Waals surface area contributed by atoms with Crippen LogP contribution in [-0.2, 0) is 11.2 Å². The Balaban J connectivity index is 1.91. The maximum atomic E-state index is 13.1. The molecule has 0 bridgehead atoms. The molecule has 2 nitrogen and oxygen atoms in total. The first-order chi connectivity index (χ1) is 9.47. The van der Waals surface area contributed by atoms with Crippen molar-refractivity contribution in [3.63, 3.8) is 0 Å². The number of amides is 1. The highest BCUT2D eigenvalue weighted by Gasteiger charge is 2.25. The Morgan fingerprint density at radius 1 is 1.35 bits per heavy atom. The van der Waals surface area contributed by atoms with Gasteiger partial charge in [-0.05, 0) is 36.5 Å². The van der Waals surface area contributed by atoms with Crippen LogP contribution in [-0.4, -0.2) is 28.7 Å². The van der Waals surface area contributed by atoms with Crippen molar-refractivity contribution in [2.24, 2.45) is 5.92 Å². The van der Waals surface area contributed by atoms with E-state index in [0.717, 1.165) is 38.1 Å². The summed E-state index contributed by atoms with van der Waals surface area (Å²) in [6, 6.07) is 3.63. The molecule has 20 heavy (non-hydrogen) atoms. The number of alkyl halides is 1. The minimum atomic E-state index is -0.901. The third-order valence-electron chi connectivity index (χ3n) is 3.88. The summed E-state index contributed by atoms with van der Waals surface area (Å²) in [5.74, 6) is -1.20. The Bertz CT molecular complexity index is 485. The number of hydrogen-bond acceptors (Lipinski definition) is 1. The zero-order valence-corrected chi connectivity index (χ0v) is 13.0. The molecule has 1 aromatic carbocycles. The van der Waals surface area contributed by atoms with Crippen molar-refractivity contribution in [2.75, 3.05) is 13.1 Å². The van der Waals surface area contributed by atoms with Gasteiger partial charge in [0.15, 0.2) is 11.6 Å². The molecule has 1 saturated heterocycles. The lowest BCUT2D eigenvalue weighted by molar-refractivity contribution is -0.131. The van der Waals surface area contributed by atoms with E-state index < -0.39 is 11.6 Å². The van der Waals surface area contributed by atoms with Crippen molar-refractivity contribution in [1.82, 2.24) is 4.90 Å². The molecule has 2 rings (SSSR count). The van der Waals surface area contributed by atoms with Gasteiger partial charge in [0.05, 0.1) is 6.42 Å². The molecule has 0 aliphatic carbocycles. The molecule has 0 spiro atoms. The van der Waals surface area contributed by atoms with Gasteiger partial charge < -0.3 is 4.90 Å². The van der Waals surface area contributed by atoms with E-state index in [-0.39, 0.29) is 12.3 Å². The number of benzene rings is 1. The smallest absolute Gasteiger partial charge is 0.226 e. The number of carbonyl (C=O) groups is 1. The fraction of sp³-hybridized carbons (Fsp3) is 0.533. The summed E-state index contributed by atoms with van der Waals surface area (Å²) in [6.45, 7) is 3.61. The Morgan fingerprint density at radius 2 is 2.00 bits per heavy atom. The molecule has 1 atom stereocenters. The molecule has 1 aliphatic rings. The van der Waals surface area contributed by atoms with E-state index >= 15 is 0 Å². The first kappa shape index (κ1) is 15.4. The SMILES string of the molecule is CC(Br)C1CCN(C(=O)Cc2ccc(F)c(F)c2)CC1. The van der Waals surface area contributed by atoms with Gasteiger partial charge in [0.1, 0.15) is 0 Å². The van der Waals surface area contributed by atoms with Gasteiger partial charge in [0, 0.05) is 17.9 Å². The molecule has 1 heterocycles. The predicted octanol–water partition coefficient (Wildman–Crippen LogP) is 3.53. The Hall–Kier alpha value is -0.970. The van der Waals surface area contributed by atoms with Crippen LogP contribution in [0.4, 0.5) is 8.78 Å². The molecule has 0 aromatic heterocycles. The van der Waals surface area contributed by atoms with Crippen LogP contribution in [0.1, 0.15) is 25.3 Å². The zero-order chi connectivity index (χ0) is 14.7. The van der Waals surface area contributed by atoms with Gasteiger partial charge >= 0.3 is 0 Å². The Morgan fingerprint density at radius 3 is 2.55 bits per heavy atom. The van der Waals surface area contributed by atoms with Crippen molar-refractivity contribution in [1.29, 1.82) is 0 Å². The van der Waals surface area contributed by atoms with Crippen LogP contribution in [0.5, 0.6) is 0 Å². The second-order valence-electron chi connectivity index (χ2n) is 5.32. The molecule has 1 aromatic rings. The van der Waals surface area contributed by atoms with Crippen LogP contribution < -0.4 is 0 Å². The first-order valence-corrected chi connectivity index (χ1v) is 7.74. The van der Waals surface area contributed by atoms with Crippen molar-refractivity contribution >= 4 is 21.8 Å². The molecule has 110 valence electrons. The zero-order valence-electron chi connectivity index (χ0n) is 11.4. The lowest BCUT2D eigenvalue weighted by Gasteiger charge is -2.33. The van der Waals surface area contributed by atoms with E-state index in [1.54, 1.807) is 0 Å². The Labute approximate surface area is 126 Å². The fourth-order valence-electron chi connectivity index (χ4n) is 2.54. The highest BCUT2D eigenvalue weighted by molar-refractivity contribution is 9.09. The van der Waals surface area contributed by atoms with Crippen molar-refractivity contribution in [3.8, 4) is 0 Å². The van der Waals surface area contributed by atoms with Crippen molar-refractivity contribution < 1.29 is 13.6 Å². The molecular formula is C15H18BrF2NO. The molecule has 1 amide bonds. The summed E-state index contributed by atoms with van der Waals surface area (Å²) in [6.07, 6.45) is 2.09. The third-order valence-corrected chi connectivity index (χ3v) is 4.63. The van der Waals surface area contributed by atoms with Crippen LogP contribution in [0.2, 0.25) is 0 Å². The molecular weight excluding hydrogens is 328 g/mol. The quantitative estimate of drug-likeness (QED) is 0.767. The number of nitrogens with zero attached hydrogens (tertiary/aromatic N) is 1. The summed E-state index contributed by atoms with van der Waals surface area (Å²) < 4.78 is 25.9. The van der Waals surface area contributed by atoms with Gasteiger partial charge in [-0.15, -0.1) is 0 Å². The van der Waals surface area contributed by atoms with Crippen LogP contribution in [0.25, 0.3) is 0 Å². The second-order valence-corrected chi connectivity index (χ2v) is 6.77. The molecule has 1 unspecified atom stereocenters. The number of likely N-dealkylation sites (tertiary alicyclic amines) is 1. The lowest BCUT2D eigenvalue weighted by Crippen LogP contribution is -2.40. The molecule has 1 fully saturated rings. The number of halogens is 3. The molecule has 5 heteroatoms. The van der Waals surface area contributed by atoms with Crippen LogP contribution >= 0.6 is 15.9 Å². The summed E-state index contributed by atoms with van der Waals surface area (Å²) in [5.41, 5.74) is 0.518. The van der Waals surface area contributed by atoms with Crippen molar-refractivity contribution in [2.45, 2.75) is 31.0 Å². The van der Waals surface area contributed by atoms with Gasteiger partial charge in [-0.25, -0.2) is 8.78 Å². The van der Waals surface area contributed by atoms with Gasteiger partial charge in [-0.1, -0.05) is 28.9 Å². The maximum Gasteiger partial charge on any atom is 0.226 e. The lowest BCUT2D eigenvalue weighted by atomic mass is 9.94. The van der Waals surface area contributed by atoms with E-state index in [4.69, 9.17) is 0 Å². The highest BCUT2D eigenvalue weighted by Crippen LogP contribution is 2.25. The number of rotatable bonds is 3. The van der Waals surface area contributed by atoms with E-state index in [9.17, 15) is 13.6 Å². The molecule has 0 N–H and O–H groups in total. The summed E-state index contributed by atoms with van der Waals surface area (Å²) in [5, 5.41) is 0. The highest BCUT2D eigenvalue weighted by atomic mass is 79.9. The second kappa shape index (κ2) is 6.66. The van der Waals surface area contributed by atoms with Crippen LogP contribution in [0.3, 0.4) is 0 Å². The van der Waals surface area contributed by atoms with Gasteiger partial charge in [-0.2, -0.15) is 0 Å². The van der Waals surface area contributed by atoms with E-state index in [2.05, 4.69) is 22.9 Å². The number of piperidine rings is 1. The topological polar surface area (TPSA) is 20.3 Å². The number of hydrogen-bond donors (Lipinski definition) is 0. The first-order valence-electron chi connectivity index (χ1n) is 6.83. The average Bonchev–Trinajstić information content (AvgIpc) is 2.43. The average molecular weight is 346 g/mol. The fourth-order valence-corrected chi connectivity index (χ4v) is 3.07. The molecule has 0 radical (unpaired) electrons. The predicted molar refractivity (Wildman–Crippen MR) is 77.8 cm³/mol. The summed E-state index contributed by atoms with van der Waals surface area (Å²) in [4.78, 5) is 14.4. The number of carbonyl (C=O) groups excluding carboxylic acids is 1. The van der Waals surface area contributed by atoms with Gasteiger partial charge in [-0.3, -0.25) is 4.79 Å². The summed E-state index contributed by atoms with van der Waals surface area (Å²) >= 11 is 3.58. The molecule has 1 aliphatic heterocycles. The van der Waals surface area contributed by atoms with E-state index in [1.165, 1.54) is 6.07 Å².